The first-order valence-corrected chi connectivity index (χ1v) is 4.55. The first kappa shape index (κ1) is 11.7. The molecule has 0 aliphatic rings. The van der Waals surface area contributed by atoms with E-state index in [1.165, 1.54) is 6.07 Å². The van der Waals surface area contributed by atoms with E-state index in [-0.39, 0.29) is 16.3 Å². The first-order chi connectivity index (χ1) is 6.93. The second-order valence-corrected chi connectivity index (χ2v) is 3.51. The topological polar surface area (TPSA) is 80.4 Å². The van der Waals surface area contributed by atoms with Gasteiger partial charge in [-0.05, 0) is 6.07 Å². The molecule has 0 fully saturated rings. The van der Waals surface area contributed by atoms with Gasteiger partial charge in [-0.3, -0.25) is 14.9 Å². The molecular formula is C8H5Cl2NO4. The van der Waals surface area contributed by atoms with Gasteiger partial charge in [-0.25, -0.2) is 0 Å². The summed E-state index contributed by atoms with van der Waals surface area (Å²) in [5.74, 6) is -1.26. The van der Waals surface area contributed by atoms with Gasteiger partial charge in [0, 0.05) is 17.7 Å². The van der Waals surface area contributed by atoms with Crippen molar-refractivity contribution < 1.29 is 14.8 Å². The summed E-state index contributed by atoms with van der Waals surface area (Å²) in [4.78, 5) is 20.3. The zero-order valence-corrected chi connectivity index (χ0v) is 8.70. The Labute approximate surface area is 94.4 Å². The maximum absolute atomic E-state index is 10.5. The summed E-state index contributed by atoms with van der Waals surface area (Å²) in [6.45, 7) is 0. The van der Waals surface area contributed by atoms with Crippen LogP contribution in [0, 0.1) is 10.1 Å². The monoisotopic (exact) mass is 249 g/mol. The van der Waals surface area contributed by atoms with Crippen LogP contribution in [0.4, 0.5) is 5.69 Å². The van der Waals surface area contributed by atoms with E-state index in [1.54, 1.807) is 0 Å². The molecule has 0 amide bonds. The lowest BCUT2D eigenvalue weighted by Gasteiger charge is -2.06. The standard InChI is InChI=1S/C8H5Cl2NO4/c9-6-3-4(11(14)15)1-2-5(6)7(10)8(12)13/h1-3,7H,(H,12,13). The van der Waals surface area contributed by atoms with Crippen LogP contribution in [-0.2, 0) is 4.79 Å². The van der Waals surface area contributed by atoms with Crippen LogP contribution in [0.3, 0.4) is 0 Å². The van der Waals surface area contributed by atoms with Crippen molar-refractivity contribution in [3.8, 4) is 0 Å². The van der Waals surface area contributed by atoms with Crippen molar-refractivity contribution >= 4 is 34.9 Å². The highest BCUT2D eigenvalue weighted by atomic mass is 35.5. The van der Waals surface area contributed by atoms with Gasteiger partial charge in [-0.2, -0.15) is 0 Å². The minimum atomic E-state index is -1.31. The molecule has 0 aliphatic carbocycles. The Bertz CT molecular complexity index is 421. The molecule has 0 heterocycles. The molecule has 1 aromatic rings. The van der Waals surface area contributed by atoms with Crippen LogP contribution in [0.5, 0.6) is 0 Å². The van der Waals surface area contributed by atoms with Crippen LogP contribution in [0.1, 0.15) is 10.9 Å². The lowest BCUT2D eigenvalue weighted by atomic mass is 10.1. The van der Waals surface area contributed by atoms with Gasteiger partial charge in [0.15, 0.2) is 5.38 Å². The predicted octanol–water partition coefficient (Wildman–Crippen LogP) is 2.61. The molecule has 0 aromatic heterocycles. The molecule has 0 saturated heterocycles. The van der Waals surface area contributed by atoms with E-state index in [0.717, 1.165) is 12.1 Å². The second-order valence-electron chi connectivity index (χ2n) is 2.66. The molecule has 80 valence electrons. The van der Waals surface area contributed by atoms with E-state index in [9.17, 15) is 14.9 Å². The lowest BCUT2D eigenvalue weighted by molar-refractivity contribution is -0.384. The van der Waals surface area contributed by atoms with Gasteiger partial charge in [-0.1, -0.05) is 11.6 Å². The summed E-state index contributed by atoms with van der Waals surface area (Å²) >= 11 is 11.2. The van der Waals surface area contributed by atoms with Gasteiger partial charge < -0.3 is 5.11 Å². The number of nitro benzene ring substituents is 1. The summed E-state index contributed by atoms with van der Waals surface area (Å²) in [5.41, 5.74) is -0.0746. The predicted molar refractivity (Wildman–Crippen MR) is 54.3 cm³/mol. The Morgan fingerprint density at radius 3 is 2.53 bits per heavy atom. The summed E-state index contributed by atoms with van der Waals surface area (Å²) in [6.07, 6.45) is 0. The van der Waals surface area contributed by atoms with Gasteiger partial charge in [0.25, 0.3) is 5.69 Å². The number of halogens is 2. The fraction of sp³-hybridized carbons (Fsp3) is 0.125. The SMILES string of the molecule is O=C(O)C(Cl)c1ccc([N+](=O)[O-])cc1Cl. The van der Waals surface area contributed by atoms with Crippen molar-refractivity contribution in [3.63, 3.8) is 0 Å². The quantitative estimate of drug-likeness (QED) is 0.507. The number of alkyl halides is 1. The number of benzene rings is 1. The molecule has 1 unspecified atom stereocenters. The van der Waals surface area contributed by atoms with Gasteiger partial charge >= 0.3 is 5.97 Å². The van der Waals surface area contributed by atoms with E-state index in [2.05, 4.69) is 0 Å². The summed E-state index contributed by atoms with van der Waals surface area (Å²) < 4.78 is 0. The minimum Gasteiger partial charge on any atom is -0.480 e. The fourth-order valence-electron chi connectivity index (χ4n) is 0.968. The molecule has 5 nitrogen and oxygen atoms in total. The Morgan fingerprint density at radius 2 is 2.13 bits per heavy atom. The van der Waals surface area contributed by atoms with Crippen LogP contribution in [0.25, 0.3) is 0 Å². The van der Waals surface area contributed by atoms with Crippen molar-refractivity contribution in [2.45, 2.75) is 5.38 Å². The number of hydrogen-bond donors (Lipinski definition) is 1. The number of non-ortho nitro benzene ring substituents is 1. The van der Waals surface area contributed by atoms with Crippen molar-refractivity contribution in [2.24, 2.45) is 0 Å². The third kappa shape index (κ3) is 2.57. The number of nitro groups is 1. The Hall–Kier alpha value is -1.33. The largest absolute Gasteiger partial charge is 0.480 e. The molecule has 0 aliphatic heterocycles. The molecule has 0 radical (unpaired) electrons. The highest BCUT2D eigenvalue weighted by molar-refractivity contribution is 6.35. The number of carboxylic acids is 1. The third-order valence-corrected chi connectivity index (χ3v) is 2.43. The van der Waals surface area contributed by atoms with Gasteiger partial charge in [0.2, 0.25) is 0 Å². The molecule has 0 spiro atoms. The smallest absolute Gasteiger partial charge is 0.326 e. The Kier molecular flexibility index (Phi) is 3.49. The van der Waals surface area contributed by atoms with Crippen LogP contribution in [0.2, 0.25) is 5.02 Å². The van der Waals surface area contributed by atoms with Crippen molar-refractivity contribution in [1.29, 1.82) is 0 Å². The zero-order chi connectivity index (χ0) is 11.6. The van der Waals surface area contributed by atoms with Crippen molar-refractivity contribution in [3.05, 3.63) is 38.9 Å². The normalized spacial score (nSPS) is 12.1. The highest BCUT2D eigenvalue weighted by Gasteiger charge is 2.21. The maximum atomic E-state index is 10.5. The van der Waals surface area contributed by atoms with Crippen molar-refractivity contribution in [2.75, 3.05) is 0 Å². The molecule has 0 bridgehead atoms. The van der Waals surface area contributed by atoms with Gasteiger partial charge in [0.1, 0.15) is 0 Å². The van der Waals surface area contributed by atoms with Crippen LogP contribution < -0.4 is 0 Å². The third-order valence-electron chi connectivity index (χ3n) is 1.68. The van der Waals surface area contributed by atoms with Gasteiger partial charge in [-0.15, -0.1) is 11.6 Å². The van der Waals surface area contributed by atoms with Crippen LogP contribution >= 0.6 is 23.2 Å². The number of carbonyl (C=O) groups is 1. The molecule has 1 atom stereocenters. The molecule has 1 N–H and O–H groups in total. The lowest BCUT2D eigenvalue weighted by Crippen LogP contribution is -2.05. The van der Waals surface area contributed by atoms with E-state index >= 15 is 0 Å². The zero-order valence-electron chi connectivity index (χ0n) is 7.18. The second kappa shape index (κ2) is 4.46. The first-order valence-electron chi connectivity index (χ1n) is 3.74. The summed E-state index contributed by atoms with van der Waals surface area (Å²) in [7, 11) is 0. The number of hydrogen-bond acceptors (Lipinski definition) is 3. The number of carboxylic acid groups (broad SMARTS) is 1. The molecule has 7 heteroatoms. The fourth-order valence-corrected chi connectivity index (χ4v) is 1.50. The van der Waals surface area contributed by atoms with E-state index in [4.69, 9.17) is 28.3 Å². The summed E-state index contributed by atoms with van der Waals surface area (Å²) in [5, 5.41) is 17.6. The Morgan fingerprint density at radius 1 is 1.53 bits per heavy atom. The molecule has 1 rings (SSSR count). The van der Waals surface area contributed by atoms with E-state index < -0.39 is 16.3 Å². The summed E-state index contributed by atoms with van der Waals surface area (Å²) in [6, 6.07) is 3.45. The molecule has 0 saturated carbocycles. The van der Waals surface area contributed by atoms with E-state index in [0.29, 0.717) is 0 Å². The highest BCUT2D eigenvalue weighted by Crippen LogP contribution is 2.30. The number of nitrogens with zero attached hydrogens (tertiary/aromatic N) is 1. The van der Waals surface area contributed by atoms with Crippen molar-refractivity contribution in [1.82, 2.24) is 0 Å². The minimum absolute atomic E-state index is 0.0356. The van der Waals surface area contributed by atoms with Crippen LogP contribution in [-0.4, -0.2) is 16.0 Å². The number of rotatable bonds is 3. The number of aliphatic carboxylic acids is 1. The van der Waals surface area contributed by atoms with E-state index in [1.807, 2.05) is 0 Å². The average molecular weight is 250 g/mol. The molecular weight excluding hydrogens is 245 g/mol. The molecule has 15 heavy (non-hydrogen) atoms. The average Bonchev–Trinajstić information content (AvgIpc) is 2.16. The maximum Gasteiger partial charge on any atom is 0.326 e. The molecule has 1 aromatic carbocycles. The van der Waals surface area contributed by atoms with Crippen LogP contribution in [0.15, 0.2) is 18.2 Å². The Balaban J connectivity index is 3.13. The van der Waals surface area contributed by atoms with Gasteiger partial charge in [0.05, 0.1) is 9.95 Å².